The van der Waals surface area contributed by atoms with Crippen molar-refractivity contribution in [2.24, 2.45) is 17.3 Å². The Bertz CT molecular complexity index is 909. The van der Waals surface area contributed by atoms with Crippen molar-refractivity contribution in [3.63, 3.8) is 0 Å². The van der Waals surface area contributed by atoms with E-state index < -0.39 is 42.1 Å². The Morgan fingerprint density at radius 3 is 2.42 bits per heavy atom. The van der Waals surface area contributed by atoms with E-state index >= 15 is 0 Å². The van der Waals surface area contributed by atoms with Crippen LogP contribution >= 0.6 is 11.8 Å². The Kier molecular flexibility index (Phi) is 7.11. The molecule has 2 saturated heterocycles. The topological polar surface area (TPSA) is 128 Å². The van der Waals surface area contributed by atoms with Crippen LogP contribution in [0.15, 0.2) is 10.6 Å². The van der Waals surface area contributed by atoms with E-state index in [4.69, 9.17) is 14.2 Å². The number of thioether (sulfide) groups is 1. The van der Waals surface area contributed by atoms with Crippen LogP contribution in [0.3, 0.4) is 0 Å². The van der Waals surface area contributed by atoms with E-state index in [9.17, 15) is 24.0 Å². The third-order valence-corrected chi connectivity index (χ3v) is 7.35. The fourth-order valence-electron chi connectivity index (χ4n) is 4.25. The normalized spacial score (nSPS) is 27.5. The Balaban J connectivity index is 1.80. The molecule has 2 amide bonds. The number of amides is 2. The maximum absolute atomic E-state index is 13.0. The largest absolute Gasteiger partial charge is 0.462 e. The molecule has 1 N–H and O–H groups in total. The lowest BCUT2D eigenvalue weighted by Crippen LogP contribution is -2.64. The summed E-state index contributed by atoms with van der Waals surface area (Å²) >= 11 is 1.37. The van der Waals surface area contributed by atoms with Gasteiger partial charge in [-0.15, -0.1) is 11.8 Å². The highest BCUT2D eigenvalue weighted by atomic mass is 32.2. The molecule has 4 unspecified atom stereocenters. The van der Waals surface area contributed by atoms with E-state index in [0.717, 1.165) is 0 Å². The van der Waals surface area contributed by atoms with Crippen molar-refractivity contribution in [2.45, 2.75) is 65.4 Å². The molecule has 33 heavy (non-hydrogen) atoms. The second kappa shape index (κ2) is 9.36. The van der Waals surface area contributed by atoms with Crippen molar-refractivity contribution in [1.82, 2.24) is 10.2 Å². The molecule has 0 aliphatic carbocycles. The van der Waals surface area contributed by atoms with E-state index in [1.807, 2.05) is 6.92 Å². The van der Waals surface area contributed by atoms with Crippen LogP contribution in [-0.2, 0) is 38.2 Å². The van der Waals surface area contributed by atoms with Crippen LogP contribution < -0.4 is 5.32 Å². The van der Waals surface area contributed by atoms with Gasteiger partial charge in [0.05, 0.1) is 17.4 Å². The van der Waals surface area contributed by atoms with Crippen LogP contribution in [0.1, 0.15) is 48.0 Å². The molecule has 0 bridgehead atoms. The number of nitrogens with one attached hydrogen (secondary N) is 1. The summed E-state index contributed by atoms with van der Waals surface area (Å²) in [7, 11) is 0. The molecule has 2 fully saturated rings. The van der Waals surface area contributed by atoms with Gasteiger partial charge in [-0.25, -0.2) is 4.79 Å². The maximum Gasteiger partial charge on any atom is 0.358 e. The number of rotatable bonds is 7. The van der Waals surface area contributed by atoms with E-state index in [1.165, 1.54) is 23.6 Å². The second-order valence-corrected chi connectivity index (χ2v) is 10.9. The number of nitrogens with zero attached hydrogens (tertiary/aromatic N) is 1. The van der Waals surface area contributed by atoms with E-state index in [1.54, 1.807) is 27.7 Å². The van der Waals surface area contributed by atoms with Gasteiger partial charge in [-0.1, -0.05) is 6.92 Å². The first-order valence-corrected chi connectivity index (χ1v) is 11.7. The van der Waals surface area contributed by atoms with Gasteiger partial charge in [0, 0.05) is 36.0 Å². The number of esters is 3. The van der Waals surface area contributed by atoms with Crippen molar-refractivity contribution in [1.29, 1.82) is 0 Å². The van der Waals surface area contributed by atoms with Crippen LogP contribution in [0.5, 0.6) is 0 Å². The minimum Gasteiger partial charge on any atom is -0.462 e. The lowest BCUT2D eigenvalue weighted by atomic mass is 9.79. The molecule has 10 nitrogen and oxygen atoms in total. The van der Waals surface area contributed by atoms with Gasteiger partial charge in [0.1, 0.15) is 11.8 Å². The fraction of sp³-hybridized carbons (Fsp3) is 0.682. The lowest BCUT2D eigenvalue weighted by molar-refractivity contribution is -0.178. The summed E-state index contributed by atoms with van der Waals surface area (Å²) in [6, 6.07) is -0.376. The quantitative estimate of drug-likeness (QED) is 0.325. The standard InChI is InChI=1S/C22H30N2O8S/c1-10-16-15(11(2)32-12(3)25)19(27)24(16)17(18(10)33-13-7-14(26)23-8-13)20(28)30-9-31-21(29)22(4,5)6/h10-11,13,15-16H,7-9H2,1-6H3,(H,23,26)/t10?,11?,13?,15?,16-/m1/s1. The molecule has 3 heterocycles. The molecular formula is C22H30N2O8S. The summed E-state index contributed by atoms with van der Waals surface area (Å²) in [6.07, 6.45) is -0.346. The molecule has 3 aliphatic rings. The summed E-state index contributed by atoms with van der Waals surface area (Å²) in [5, 5.41) is 2.68. The molecule has 182 valence electrons. The van der Waals surface area contributed by atoms with Crippen LogP contribution in [0, 0.1) is 17.3 Å². The monoisotopic (exact) mass is 482 g/mol. The van der Waals surface area contributed by atoms with Gasteiger partial charge in [-0.3, -0.25) is 19.2 Å². The summed E-state index contributed by atoms with van der Waals surface area (Å²) in [4.78, 5) is 63.1. The SMILES string of the molecule is CC(=O)OC(C)C1C(=O)N2C(C(=O)OCOC(=O)C(C)(C)C)=C(SC3CNC(=O)C3)C(C)[C@H]12. The predicted molar refractivity (Wildman–Crippen MR) is 117 cm³/mol. The summed E-state index contributed by atoms with van der Waals surface area (Å²) < 4.78 is 15.5. The Hall–Kier alpha value is -2.56. The van der Waals surface area contributed by atoms with E-state index in [2.05, 4.69) is 5.32 Å². The van der Waals surface area contributed by atoms with Crippen molar-refractivity contribution in [2.75, 3.05) is 13.3 Å². The number of hydrogen-bond acceptors (Lipinski definition) is 9. The minimum atomic E-state index is -0.780. The van der Waals surface area contributed by atoms with Gasteiger partial charge in [-0.2, -0.15) is 0 Å². The van der Waals surface area contributed by atoms with Crippen molar-refractivity contribution >= 4 is 41.5 Å². The molecule has 3 rings (SSSR count). The number of fused-ring (bicyclic) bond motifs is 1. The first-order valence-electron chi connectivity index (χ1n) is 10.8. The molecule has 0 aromatic carbocycles. The van der Waals surface area contributed by atoms with Gasteiger partial charge < -0.3 is 24.4 Å². The summed E-state index contributed by atoms with van der Waals surface area (Å²) in [5.74, 6) is -3.02. The minimum absolute atomic E-state index is 0.0716. The molecule has 0 radical (unpaired) electrons. The number of carbonyl (C=O) groups is 5. The summed E-state index contributed by atoms with van der Waals surface area (Å²) in [5.41, 5.74) is -0.658. The molecule has 0 spiro atoms. The number of hydrogen-bond donors (Lipinski definition) is 1. The number of β-lactam (4-membered cyclic amide) rings is 1. The Labute approximate surface area is 196 Å². The molecule has 5 atom stereocenters. The molecule has 0 aromatic heterocycles. The second-order valence-electron chi connectivity index (χ2n) is 9.52. The van der Waals surface area contributed by atoms with Crippen LogP contribution in [-0.4, -0.2) is 65.4 Å². The van der Waals surface area contributed by atoms with Gasteiger partial charge in [0.25, 0.3) is 0 Å². The van der Waals surface area contributed by atoms with Crippen molar-refractivity contribution in [3.8, 4) is 0 Å². The molecular weight excluding hydrogens is 452 g/mol. The zero-order chi connectivity index (χ0) is 24.7. The predicted octanol–water partition coefficient (Wildman–Crippen LogP) is 1.34. The van der Waals surface area contributed by atoms with Gasteiger partial charge in [-0.05, 0) is 27.7 Å². The van der Waals surface area contributed by atoms with Crippen LogP contribution in [0.25, 0.3) is 0 Å². The molecule has 0 saturated carbocycles. The highest BCUT2D eigenvalue weighted by Gasteiger charge is 2.61. The van der Waals surface area contributed by atoms with Crippen molar-refractivity contribution < 1.29 is 38.2 Å². The zero-order valence-electron chi connectivity index (χ0n) is 19.6. The average molecular weight is 483 g/mol. The molecule has 3 aliphatic heterocycles. The van der Waals surface area contributed by atoms with Crippen LogP contribution in [0.2, 0.25) is 0 Å². The van der Waals surface area contributed by atoms with Crippen LogP contribution in [0.4, 0.5) is 0 Å². The molecule has 0 aromatic rings. The maximum atomic E-state index is 13.0. The average Bonchev–Trinajstić information content (AvgIpc) is 3.20. The third-order valence-electron chi connectivity index (χ3n) is 5.87. The highest BCUT2D eigenvalue weighted by Crippen LogP contribution is 2.52. The smallest absolute Gasteiger partial charge is 0.358 e. The number of carbonyl (C=O) groups excluding carboxylic acids is 5. The lowest BCUT2D eigenvalue weighted by Gasteiger charge is -2.47. The van der Waals surface area contributed by atoms with E-state index in [0.29, 0.717) is 17.9 Å². The van der Waals surface area contributed by atoms with Gasteiger partial charge >= 0.3 is 17.9 Å². The first kappa shape index (κ1) is 25.1. The zero-order valence-corrected chi connectivity index (χ0v) is 20.4. The third kappa shape index (κ3) is 5.02. The fourth-order valence-corrected chi connectivity index (χ4v) is 5.66. The van der Waals surface area contributed by atoms with Gasteiger partial charge in [0.15, 0.2) is 0 Å². The first-order chi connectivity index (χ1) is 15.3. The van der Waals surface area contributed by atoms with E-state index in [-0.39, 0.29) is 34.7 Å². The number of ether oxygens (including phenoxy) is 3. The van der Waals surface area contributed by atoms with Gasteiger partial charge in [0.2, 0.25) is 18.6 Å². The summed E-state index contributed by atoms with van der Waals surface area (Å²) in [6.45, 7) is 9.74. The highest BCUT2D eigenvalue weighted by molar-refractivity contribution is 8.03. The Morgan fingerprint density at radius 1 is 1.21 bits per heavy atom. The van der Waals surface area contributed by atoms with Crippen molar-refractivity contribution in [3.05, 3.63) is 10.6 Å². The Morgan fingerprint density at radius 2 is 1.88 bits per heavy atom. The molecule has 11 heteroatoms.